The predicted octanol–water partition coefficient (Wildman–Crippen LogP) is 8.11. The van der Waals surface area contributed by atoms with E-state index in [1.54, 1.807) is 0 Å². The fourth-order valence-electron chi connectivity index (χ4n) is 3.40. The summed E-state index contributed by atoms with van der Waals surface area (Å²) in [6, 6.07) is 17.4. The van der Waals surface area contributed by atoms with Crippen LogP contribution in [-0.4, -0.2) is 12.9 Å². The molecule has 0 aliphatic carbocycles. The van der Waals surface area contributed by atoms with Gasteiger partial charge in [-0.25, -0.2) is 0 Å². The molecule has 2 atom stereocenters. The average Bonchev–Trinajstić information content (AvgIpc) is 2.77. The molecule has 0 bridgehead atoms. The highest BCUT2D eigenvalue weighted by molar-refractivity contribution is 5.29. The number of hydrogen-bond donors (Lipinski definition) is 0. The van der Waals surface area contributed by atoms with E-state index in [2.05, 4.69) is 64.1 Å². The Morgan fingerprint density at radius 3 is 1.79 bits per heavy atom. The third-order valence-corrected chi connectivity index (χ3v) is 5.54. The first kappa shape index (κ1) is 25.2. The normalized spacial score (nSPS) is 12.8. The highest BCUT2D eigenvalue weighted by Gasteiger charge is 2.08. The van der Waals surface area contributed by atoms with Crippen molar-refractivity contribution in [2.45, 2.75) is 92.3 Å². The quantitative estimate of drug-likeness (QED) is 0.356. The molecule has 0 amide bonds. The minimum atomic E-state index is -0.247. The second-order valence-electron chi connectivity index (χ2n) is 7.44. The lowest BCUT2D eigenvalue weighted by Gasteiger charge is -2.17. The van der Waals surface area contributed by atoms with E-state index < -0.39 is 0 Å². The molecule has 0 radical (unpaired) electrons. The van der Waals surface area contributed by atoms with Crippen LogP contribution in [0.3, 0.4) is 0 Å². The molecule has 29 heavy (non-hydrogen) atoms. The Balaban J connectivity index is 0.00000204. The monoisotopic (exact) mass is 398 g/mol. The average molecular weight is 399 g/mol. The van der Waals surface area contributed by atoms with Crippen LogP contribution in [0, 0.1) is 0 Å². The molecule has 0 N–H and O–H groups in total. The lowest BCUT2D eigenvalue weighted by atomic mass is 9.93. The molecule has 2 rings (SSSR count). The molecule has 0 aliphatic rings. The van der Waals surface area contributed by atoms with Crippen molar-refractivity contribution in [3.8, 4) is 5.75 Å². The van der Waals surface area contributed by atoms with E-state index in [-0.39, 0.29) is 6.29 Å². The van der Waals surface area contributed by atoms with Gasteiger partial charge in [-0.15, -0.1) is 0 Å². The molecule has 0 fully saturated rings. The fourth-order valence-corrected chi connectivity index (χ4v) is 3.40. The molecule has 2 aromatic carbocycles. The van der Waals surface area contributed by atoms with Crippen LogP contribution in [0.15, 0.2) is 48.5 Å². The third kappa shape index (κ3) is 8.62. The largest absolute Gasteiger partial charge is 0.465 e. The van der Waals surface area contributed by atoms with E-state index in [1.807, 2.05) is 32.9 Å². The third-order valence-electron chi connectivity index (χ3n) is 5.54. The molecule has 2 nitrogen and oxygen atoms in total. The first-order valence-corrected chi connectivity index (χ1v) is 11.5. The zero-order valence-corrected chi connectivity index (χ0v) is 19.7. The minimum absolute atomic E-state index is 0.247. The maximum absolute atomic E-state index is 5.88. The molecule has 0 spiro atoms. The van der Waals surface area contributed by atoms with Crippen LogP contribution in [0.4, 0.5) is 0 Å². The molecule has 2 aromatic rings. The summed E-state index contributed by atoms with van der Waals surface area (Å²) in [6.45, 7) is 15.6. The van der Waals surface area contributed by atoms with Crippen LogP contribution in [0.2, 0.25) is 0 Å². The standard InChI is InChI=1S/C25H36O2.C2H6/c1-6-19(4)23-13-15-25(16-14-23)27-20(5)26-18-17-21-9-11-24(12-10-21)22(7-2)8-3;1-2/h9-16,19-20,22H,6-8,17-18H2,1-5H3;1-2H3. The van der Waals surface area contributed by atoms with Crippen molar-refractivity contribution in [1.82, 2.24) is 0 Å². The SMILES string of the molecule is CC.CCC(C)c1ccc(OC(C)OCCc2ccc(C(CC)CC)cc2)cc1. The highest BCUT2D eigenvalue weighted by atomic mass is 16.7. The summed E-state index contributed by atoms with van der Waals surface area (Å²) in [5, 5.41) is 0. The fraction of sp³-hybridized carbons (Fsp3) is 0.556. The van der Waals surface area contributed by atoms with Gasteiger partial charge in [-0.05, 0) is 73.3 Å². The van der Waals surface area contributed by atoms with Gasteiger partial charge in [0.05, 0.1) is 6.61 Å². The second kappa shape index (κ2) is 14.2. The van der Waals surface area contributed by atoms with E-state index in [0.29, 0.717) is 18.4 Å². The molecule has 0 saturated heterocycles. The van der Waals surface area contributed by atoms with Gasteiger partial charge >= 0.3 is 0 Å². The van der Waals surface area contributed by atoms with Crippen molar-refractivity contribution in [3.05, 3.63) is 65.2 Å². The van der Waals surface area contributed by atoms with E-state index in [9.17, 15) is 0 Å². The topological polar surface area (TPSA) is 18.5 Å². The van der Waals surface area contributed by atoms with Gasteiger partial charge in [-0.2, -0.15) is 0 Å². The van der Waals surface area contributed by atoms with E-state index in [0.717, 1.165) is 18.6 Å². The van der Waals surface area contributed by atoms with Gasteiger partial charge < -0.3 is 9.47 Å². The Kier molecular flexibility index (Phi) is 12.4. The molecule has 0 aromatic heterocycles. The van der Waals surface area contributed by atoms with Crippen LogP contribution in [0.5, 0.6) is 5.75 Å². The van der Waals surface area contributed by atoms with Gasteiger partial charge in [-0.3, -0.25) is 0 Å². The lowest BCUT2D eigenvalue weighted by Crippen LogP contribution is -2.17. The number of rotatable bonds is 11. The molecule has 0 aliphatic heterocycles. The van der Waals surface area contributed by atoms with E-state index in [1.165, 1.54) is 29.5 Å². The number of benzene rings is 2. The summed E-state index contributed by atoms with van der Waals surface area (Å²) < 4.78 is 11.7. The zero-order chi connectivity index (χ0) is 21.6. The van der Waals surface area contributed by atoms with Crippen LogP contribution in [-0.2, 0) is 11.2 Å². The summed E-state index contributed by atoms with van der Waals surface area (Å²) >= 11 is 0. The predicted molar refractivity (Wildman–Crippen MR) is 126 cm³/mol. The lowest BCUT2D eigenvalue weighted by molar-refractivity contribution is -0.0654. The minimum Gasteiger partial charge on any atom is -0.465 e. The Labute approximate surface area is 179 Å². The summed E-state index contributed by atoms with van der Waals surface area (Å²) in [7, 11) is 0. The maximum atomic E-state index is 5.88. The smallest absolute Gasteiger partial charge is 0.196 e. The van der Waals surface area contributed by atoms with Gasteiger partial charge in [0, 0.05) is 0 Å². The van der Waals surface area contributed by atoms with Gasteiger partial charge in [0.25, 0.3) is 0 Å². The highest BCUT2D eigenvalue weighted by Crippen LogP contribution is 2.24. The molecule has 162 valence electrons. The van der Waals surface area contributed by atoms with Crippen LogP contribution >= 0.6 is 0 Å². The van der Waals surface area contributed by atoms with Crippen LogP contribution in [0.25, 0.3) is 0 Å². The maximum Gasteiger partial charge on any atom is 0.196 e. The van der Waals surface area contributed by atoms with Crippen molar-refractivity contribution in [2.75, 3.05) is 6.61 Å². The van der Waals surface area contributed by atoms with Gasteiger partial charge in [0.2, 0.25) is 0 Å². The van der Waals surface area contributed by atoms with Crippen LogP contribution in [0.1, 0.15) is 96.3 Å². The van der Waals surface area contributed by atoms with Crippen molar-refractivity contribution in [2.24, 2.45) is 0 Å². The Morgan fingerprint density at radius 2 is 1.28 bits per heavy atom. The van der Waals surface area contributed by atoms with Gasteiger partial charge in [0.1, 0.15) is 5.75 Å². The van der Waals surface area contributed by atoms with Crippen molar-refractivity contribution < 1.29 is 9.47 Å². The summed E-state index contributed by atoms with van der Waals surface area (Å²) in [4.78, 5) is 0. The van der Waals surface area contributed by atoms with Crippen molar-refractivity contribution in [1.29, 1.82) is 0 Å². The summed E-state index contributed by atoms with van der Waals surface area (Å²) in [5.74, 6) is 2.13. The number of ether oxygens (including phenoxy) is 2. The van der Waals surface area contributed by atoms with Gasteiger partial charge in [0.15, 0.2) is 6.29 Å². The van der Waals surface area contributed by atoms with Gasteiger partial charge in [-0.1, -0.05) is 77.9 Å². The molecule has 2 heteroatoms. The second-order valence-corrected chi connectivity index (χ2v) is 7.44. The van der Waals surface area contributed by atoms with Crippen molar-refractivity contribution >= 4 is 0 Å². The Hall–Kier alpha value is -1.80. The van der Waals surface area contributed by atoms with Crippen LogP contribution < -0.4 is 4.74 Å². The zero-order valence-electron chi connectivity index (χ0n) is 19.7. The Morgan fingerprint density at radius 1 is 0.724 bits per heavy atom. The first-order chi connectivity index (χ1) is 14.1. The van der Waals surface area contributed by atoms with Crippen molar-refractivity contribution in [3.63, 3.8) is 0 Å². The summed E-state index contributed by atoms with van der Waals surface area (Å²) in [6.07, 6.45) is 4.21. The Bertz CT molecular complexity index is 641. The first-order valence-electron chi connectivity index (χ1n) is 11.5. The van der Waals surface area contributed by atoms with E-state index in [4.69, 9.17) is 9.47 Å². The molecule has 2 unspecified atom stereocenters. The molecule has 0 heterocycles. The van der Waals surface area contributed by atoms with E-state index >= 15 is 0 Å². The number of hydrogen-bond acceptors (Lipinski definition) is 2. The summed E-state index contributed by atoms with van der Waals surface area (Å²) in [5.41, 5.74) is 4.12. The molecular formula is C27H42O2. The molecular weight excluding hydrogens is 356 g/mol. The molecule has 0 saturated carbocycles.